The highest BCUT2D eigenvalue weighted by molar-refractivity contribution is 7.98. The zero-order valence-corrected chi connectivity index (χ0v) is 19.1. The Morgan fingerprint density at radius 2 is 1.80 bits per heavy atom. The minimum absolute atomic E-state index is 0.241. The van der Waals surface area contributed by atoms with Crippen LogP contribution in [0, 0.1) is 0 Å². The summed E-state index contributed by atoms with van der Waals surface area (Å²) in [4.78, 5) is 0.241. The number of benzene rings is 2. The summed E-state index contributed by atoms with van der Waals surface area (Å²) in [6, 6.07) is 12.1. The van der Waals surface area contributed by atoms with Gasteiger partial charge in [-0.1, -0.05) is 53.5 Å². The molecule has 1 aliphatic rings. The van der Waals surface area contributed by atoms with E-state index in [-0.39, 0.29) is 10.8 Å². The lowest BCUT2D eigenvalue weighted by molar-refractivity contribution is 0.346. The number of aromatic nitrogens is 2. The number of sulfonamides is 1. The molecule has 4 rings (SSSR count). The highest BCUT2D eigenvalue weighted by Crippen LogP contribution is 2.30. The molecule has 10 heteroatoms. The third kappa shape index (κ3) is 4.84. The minimum Gasteiger partial charge on any atom is -0.411 e. The fourth-order valence-electron chi connectivity index (χ4n) is 3.20. The molecular formula is C20H19Cl2N3O3S2. The lowest BCUT2D eigenvalue weighted by Crippen LogP contribution is -2.35. The summed E-state index contributed by atoms with van der Waals surface area (Å²) in [5.41, 5.74) is 1.55. The number of thioether (sulfide) groups is 1. The third-order valence-corrected chi connectivity index (χ3v) is 8.31. The molecule has 3 aromatic rings. The molecule has 0 saturated carbocycles. The Labute approximate surface area is 189 Å². The standard InChI is InChI=1S/C20H19Cl2N3O3S2/c21-17-8-7-14(11-18(17)22)13-29-20-24-23-19(28-20)15-5-4-6-16(12-15)30(26,27)25-9-2-1-3-10-25/h4-8,11-12H,1-3,9-10,13H2. The van der Waals surface area contributed by atoms with Crippen LogP contribution < -0.4 is 0 Å². The van der Waals surface area contributed by atoms with Crippen molar-refractivity contribution in [2.75, 3.05) is 13.1 Å². The molecule has 1 fully saturated rings. The maximum absolute atomic E-state index is 12.9. The van der Waals surface area contributed by atoms with Gasteiger partial charge in [0.05, 0.1) is 14.9 Å². The first-order valence-corrected chi connectivity index (χ1v) is 12.6. The summed E-state index contributed by atoms with van der Waals surface area (Å²) in [7, 11) is -3.52. The van der Waals surface area contributed by atoms with Crippen LogP contribution in [0.5, 0.6) is 0 Å². The monoisotopic (exact) mass is 483 g/mol. The summed E-state index contributed by atoms with van der Waals surface area (Å²) in [5, 5.41) is 9.52. The molecule has 0 unspecified atom stereocenters. The number of nitrogens with zero attached hydrogens (tertiary/aromatic N) is 3. The largest absolute Gasteiger partial charge is 0.411 e. The van der Waals surface area contributed by atoms with Crippen molar-refractivity contribution in [3.8, 4) is 11.5 Å². The Morgan fingerprint density at radius 3 is 2.57 bits per heavy atom. The van der Waals surface area contributed by atoms with Gasteiger partial charge in [-0.05, 0) is 48.7 Å². The van der Waals surface area contributed by atoms with Crippen LogP contribution >= 0.6 is 35.0 Å². The van der Waals surface area contributed by atoms with E-state index in [0.717, 1.165) is 24.8 Å². The van der Waals surface area contributed by atoms with E-state index in [0.29, 0.717) is 39.7 Å². The molecule has 0 bridgehead atoms. The van der Waals surface area contributed by atoms with E-state index in [4.69, 9.17) is 27.6 Å². The Bertz CT molecular complexity index is 1150. The van der Waals surface area contributed by atoms with Crippen molar-refractivity contribution in [2.45, 2.75) is 35.1 Å². The van der Waals surface area contributed by atoms with E-state index < -0.39 is 10.0 Å². The number of hydrogen-bond acceptors (Lipinski definition) is 6. The molecule has 1 saturated heterocycles. The predicted molar refractivity (Wildman–Crippen MR) is 118 cm³/mol. The van der Waals surface area contributed by atoms with Gasteiger partial charge in [0.1, 0.15) is 0 Å². The van der Waals surface area contributed by atoms with Crippen LogP contribution in [0.1, 0.15) is 24.8 Å². The maximum atomic E-state index is 12.9. The van der Waals surface area contributed by atoms with Gasteiger partial charge in [0.2, 0.25) is 15.9 Å². The second-order valence-corrected chi connectivity index (χ2v) is 10.6. The van der Waals surface area contributed by atoms with Gasteiger partial charge in [-0.2, -0.15) is 4.31 Å². The summed E-state index contributed by atoms with van der Waals surface area (Å²) >= 11 is 13.3. The first kappa shape index (κ1) is 21.6. The average molecular weight is 484 g/mol. The van der Waals surface area contributed by atoms with E-state index in [1.54, 1.807) is 40.7 Å². The van der Waals surface area contributed by atoms with Crippen LogP contribution in [0.3, 0.4) is 0 Å². The second kappa shape index (κ2) is 9.28. The maximum Gasteiger partial charge on any atom is 0.277 e. The minimum atomic E-state index is -3.52. The molecule has 2 heterocycles. The number of halogens is 2. The van der Waals surface area contributed by atoms with Gasteiger partial charge in [0, 0.05) is 24.4 Å². The van der Waals surface area contributed by atoms with E-state index in [2.05, 4.69) is 10.2 Å². The Morgan fingerprint density at radius 1 is 1.00 bits per heavy atom. The van der Waals surface area contributed by atoms with Crippen LogP contribution in [0.2, 0.25) is 10.0 Å². The molecule has 2 aromatic carbocycles. The topological polar surface area (TPSA) is 76.3 Å². The van der Waals surface area contributed by atoms with Crippen molar-refractivity contribution in [1.82, 2.24) is 14.5 Å². The van der Waals surface area contributed by atoms with Gasteiger partial charge in [0.15, 0.2) is 0 Å². The lowest BCUT2D eigenvalue weighted by Gasteiger charge is -2.25. The van der Waals surface area contributed by atoms with Crippen molar-refractivity contribution < 1.29 is 12.8 Å². The van der Waals surface area contributed by atoms with Crippen LogP contribution in [-0.2, 0) is 15.8 Å². The molecule has 0 atom stereocenters. The highest BCUT2D eigenvalue weighted by atomic mass is 35.5. The molecule has 6 nitrogen and oxygen atoms in total. The van der Waals surface area contributed by atoms with Crippen LogP contribution in [-0.4, -0.2) is 36.0 Å². The first-order valence-electron chi connectivity index (χ1n) is 9.44. The van der Waals surface area contributed by atoms with Crippen molar-refractivity contribution in [2.24, 2.45) is 0 Å². The molecule has 0 N–H and O–H groups in total. The average Bonchev–Trinajstić information content (AvgIpc) is 3.24. The molecular weight excluding hydrogens is 465 g/mol. The zero-order chi connectivity index (χ0) is 21.1. The van der Waals surface area contributed by atoms with Gasteiger partial charge in [-0.25, -0.2) is 8.42 Å². The molecule has 0 radical (unpaired) electrons. The summed E-state index contributed by atoms with van der Waals surface area (Å²) in [5.74, 6) is 0.865. The molecule has 1 aromatic heterocycles. The summed E-state index contributed by atoms with van der Waals surface area (Å²) in [6.45, 7) is 1.12. The molecule has 0 aliphatic carbocycles. The molecule has 158 valence electrons. The Kier molecular flexibility index (Phi) is 6.69. The van der Waals surface area contributed by atoms with E-state index in [9.17, 15) is 8.42 Å². The molecule has 0 amide bonds. The Balaban J connectivity index is 1.49. The van der Waals surface area contributed by atoms with Crippen LogP contribution in [0.25, 0.3) is 11.5 Å². The SMILES string of the molecule is O=S(=O)(c1cccc(-c2nnc(SCc3ccc(Cl)c(Cl)c3)o2)c1)N1CCCCC1. The summed E-state index contributed by atoms with van der Waals surface area (Å²) in [6.07, 6.45) is 2.85. The fraction of sp³-hybridized carbons (Fsp3) is 0.300. The number of piperidine rings is 1. The van der Waals surface area contributed by atoms with Crippen molar-refractivity contribution >= 4 is 45.0 Å². The quantitative estimate of drug-likeness (QED) is 0.430. The van der Waals surface area contributed by atoms with Gasteiger partial charge in [-0.3, -0.25) is 0 Å². The molecule has 0 spiro atoms. The molecule has 30 heavy (non-hydrogen) atoms. The Hall–Kier alpha value is -1.58. The van der Waals surface area contributed by atoms with Gasteiger partial charge < -0.3 is 4.42 Å². The molecule has 1 aliphatic heterocycles. The fourth-order valence-corrected chi connectivity index (χ4v) is 5.79. The van der Waals surface area contributed by atoms with Gasteiger partial charge in [0.25, 0.3) is 5.22 Å². The third-order valence-electron chi connectivity index (χ3n) is 4.79. The van der Waals surface area contributed by atoms with E-state index >= 15 is 0 Å². The highest BCUT2D eigenvalue weighted by Gasteiger charge is 2.26. The smallest absolute Gasteiger partial charge is 0.277 e. The predicted octanol–water partition coefficient (Wildman–Crippen LogP) is 5.51. The van der Waals surface area contributed by atoms with Crippen molar-refractivity contribution in [1.29, 1.82) is 0 Å². The summed E-state index contributed by atoms with van der Waals surface area (Å²) < 4.78 is 33.1. The van der Waals surface area contributed by atoms with Crippen LogP contribution in [0.15, 0.2) is 57.0 Å². The van der Waals surface area contributed by atoms with E-state index in [1.165, 1.54) is 11.8 Å². The van der Waals surface area contributed by atoms with Crippen molar-refractivity contribution in [3.05, 3.63) is 58.1 Å². The zero-order valence-electron chi connectivity index (χ0n) is 15.9. The first-order chi connectivity index (χ1) is 14.4. The van der Waals surface area contributed by atoms with E-state index in [1.807, 2.05) is 6.07 Å². The van der Waals surface area contributed by atoms with Crippen molar-refractivity contribution in [3.63, 3.8) is 0 Å². The lowest BCUT2D eigenvalue weighted by atomic mass is 10.2. The number of rotatable bonds is 6. The van der Waals surface area contributed by atoms with Gasteiger partial charge in [-0.15, -0.1) is 10.2 Å². The van der Waals surface area contributed by atoms with Gasteiger partial charge >= 0.3 is 0 Å². The second-order valence-electron chi connectivity index (χ2n) is 6.90. The number of hydrogen-bond donors (Lipinski definition) is 0. The van der Waals surface area contributed by atoms with Crippen LogP contribution in [0.4, 0.5) is 0 Å². The normalized spacial score (nSPS) is 15.4.